The number of hydrogen-bond donors (Lipinski definition) is 2. The molecular formula is C28H37N5O3. The van der Waals surface area contributed by atoms with Gasteiger partial charge in [0.2, 0.25) is 11.8 Å². The van der Waals surface area contributed by atoms with Crippen molar-refractivity contribution in [1.82, 2.24) is 20.1 Å². The number of aromatic nitrogens is 1. The zero-order valence-corrected chi connectivity index (χ0v) is 21.3. The minimum Gasteiger partial charge on any atom is -0.487 e. The molecule has 0 saturated carbocycles. The molecule has 5 rings (SSSR count). The number of ether oxygens (including phenoxy) is 1. The van der Waals surface area contributed by atoms with Crippen LogP contribution in [0.4, 0.5) is 5.82 Å². The number of fused-ring (bicyclic) bond motifs is 1. The van der Waals surface area contributed by atoms with Gasteiger partial charge in [0, 0.05) is 63.5 Å². The molecule has 2 saturated heterocycles. The van der Waals surface area contributed by atoms with Crippen LogP contribution >= 0.6 is 0 Å². The van der Waals surface area contributed by atoms with E-state index in [0.717, 1.165) is 74.2 Å². The fraction of sp³-hybridized carbons (Fsp3) is 0.536. The van der Waals surface area contributed by atoms with E-state index in [1.165, 1.54) is 0 Å². The summed E-state index contributed by atoms with van der Waals surface area (Å²) in [6, 6.07) is 10.0. The van der Waals surface area contributed by atoms with Crippen molar-refractivity contribution in [3.8, 4) is 5.75 Å². The number of aryl methyl sites for hydroxylation is 1. The third-order valence-corrected chi connectivity index (χ3v) is 8.00. The summed E-state index contributed by atoms with van der Waals surface area (Å²) < 4.78 is 6.57. The van der Waals surface area contributed by atoms with E-state index < -0.39 is 0 Å². The van der Waals surface area contributed by atoms with Crippen LogP contribution in [0.15, 0.2) is 36.5 Å². The molecule has 1 aromatic heterocycles. The molecule has 3 N–H and O–H groups in total. The monoisotopic (exact) mass is 491 g/mol. The van der Waals surface area contributed by atoms with E-state index in [-0.39, 0.29) is 29.4 Å². The molecule has 2 amide bonds. The highest BCUT2D eigenvalue weighted by Gasteiger charge is 2.45. The number of pyridine rings is 1. The zero-order chi connectivity index (χ0) is 25.3. The molecule has 4 heterocycles. The lowest BCUT2D eigenvalue weighted by atomic mass is 9.80. The topological polar surface area (TPSA) is 101 Å². The van der Waals surface area contributed by atoms with Gasteiger partial charge in [-0.1, -0.05) is 17.7 Å². The van der Waals surface area contributed by atoms with Crippen LogP contribution in [0.25, 0.3) is 0 Å². The summed E-state index contributed by atoms with van der Waals surface area (Å²) in [5.74, 6) is 1.73. The Morgan fingerprint density at radius 1 is 1.14 bits per heavy atom. The predicted molar refractivity (Wildman–Crippen MR) is 138 cm³/mol. The number of hydrogen-bond acceptors (Lipinski definition) is 6. The predicted octanol–water partition coefficient (Wildman–Crippen LogP) is 3.21. The number of likely N-dealkylation sites (tertiary alicyclic amines) is 2. The Hall–Kier alpha value is -3.13. The molecule has 2 aromatic rings. The second-order valence-corrected chi connectivity index (χ2v) is 10.7. The molecule has 1 unspecified atom stereocenters. The van der Waals surface area contributed by atoms with Crippen LogP contribution in [0, 0.1) is 12.8 Å². The van der Waals surface area contributed by atoms with Gasteiger partial charge in [0.25, 0.3) is 0 Å². The van der Waals surface area contributed by atoms with Gasteiger partial charge >= 0.3 is 0 Å². The number of amides is 2. The number of benzene rings is 1. The first kappa shape index (κ1) is 24.6. The number of nitrogens with zero attached hydrogens (tertiary/aromatic N) is 3. The molecule has 0 radical (unpaired) electrons. The number of nitrogen functional groups attached to an aromatic ring is 1. The van der Waals surface area contributed by atoms with Crippen molar-refractivity contribution in [2.45, 2.75) is 64.1 Å². The third-order valence-electron chi connectivity index (χ3n) is 8.00. The summed E-state index contributed by atoms with van der Waals surface area (Å²) in [6.45, 7) is 7.68. The van der Waals surface area contributed by atoms with Gasteiger partial charge in [0.15, 0.2) is 0 Å². The average Bonchev–Trinajstić information content (AvgIpc) is 2.85. The van der Waals surface area contributed by atoms with Gasteiger partial charge in [0.05, 0.1) is 6.04 Å². The van der Waals surface area contributed by atoms with E-state index in [9.17, 15) is 9.59 Å². The van der Waals surface area contributed by atoms with Gasteiger partial charge in [-0.25, -0.2) is 4.98 Å². The van der Waals surface area contributed by atoms with Crippen molar-refractivity contribution >= 4 is 17.6 Å². The second-order valence-electron chi connectivity index (χ2n) is 10.7. The molecule has 1 aromatic carbocycles. The van der Waals surface area contributed by atoms with Crippen LogP contribution in [0.5, 0.6) is 5.75 Å². The molecule has 36 heavy (non-hydrogen) atoms. The van der Waals surface area contributed by atoms with Crippen LogP contribution in [-0.4, -0.2) is 58.4 Å². The van der Waals surface area contributed by atoms with E-state index in [1.807, 2.05) is 23.1 Å². The van der Waals surface area contributed by atoms with E-state index in [0.29, 0.717) is 18.9 Å². The van der Waals surface area contributed by atoms with Crippen molar-refractivity contribution in [2.75, 3.05) is 31.9 Å². The van der Waals surface area contributed by atoms with Gasteiger partial charge in [-0.2, -0.15) is 0 Å². The summed E-state index contributed by atoms with van der Waals surface area (Å²) in [4.78, 5) is 33.8. The first-order chi connectivity index (χ1) is 17.3. The summed E-state index contributed by atoms with van der Waals surface area (Å²) >= 11 is 0. The lowest BCUT2D eigenvalue weighted by molar-refractivity contribution is -0.141. The fourth-order valence-electron chi connectivity index (χ4n) is 6.05. The molecule has 0 aliphatic carbocycles. The van der Waals surface area contributed by atoms with Crippen LogP contribution in [-0.2, 0) is 16.1 Å². The highest BCUT2D eigenvalue weighted by Crippen LogP contribution is 2.44. The minimum absolute atomic E-state index is 0.0316. The number of nitrogens with one attached hydrogen (secondary N) is 1. The van der Waals surface area contributed by atoms with Crippen molar-refractivity contribution in [3.63, 3.8) is 0 Å². The molecule has 1 atom stereocenters. The molecule has 1 spiro atoms. The Morgan fingerprint density at radius 3 is 2.58 bits per heavy atom. The number of rotatable bonds is 4. The smallest absolute Gasteiger partial charge is 0.225 e. The fourth-order valence-corrected chi connectivity index (χ4v) is 6.05. The summed E-state index contributed by atoms with van der Waals surface area (Å²) in [5.41, 5.74) is 8.83. The second kappa shape index (κ2) is 10.1. The van der Waals surface area contributed by atoms with Gasteiger partial charge < -0.3 is 20.7 Å². The first-order valence-corrected chi connectivity index (χ1v) is 13.1. The third kappa shape index (κ3) is 5.33. The van der Waals surface area contributed by atoms with Crippen LogP contribution < -0.4 is 15.8 Å². The Morgan fingerprint density at radius 2 is 1.89 bits per heavy atom. The standard InChI is InChI=1S/C28H37N5O3/c1-19-3-4-25-23(15-19)24(31-20(2)34)17-28(36-25)8-13-33(14-9-28)27(35)22-6-11-32(12-7-22)18-21-5-10-30-26(29)16-21/h3-5,10,15-16,22,24H,6-9,11-14,17-18H2,1-2H3,(H2,29,30)(H,31,34). The highest BCUT2D eigenvalue weighted by molar-refractivity contribution is 5.79. The van der Waals surface area contributed by atoms with E-state index in [1.54, 1.807) is 13.1 Å². The molecule has 8 nitrogen and oxygen atoms in total. The van der Waals surface area contributed by atoms with Gasteiger partial charge in [0.1, 0.15) is 17.2 Å². The highest BCUT2D eigenvalue weighted by atomic mass is 16.5. The van der Waals surface area contributed by atoms with E-state index in [4.69, 9.17) is 10.5 Å². The number of nitrogens with two attached hydrogens (primary N) is 1. The lowest BCUT2D eigenvalue weighted by Crippen LogP contribution is -2.54. The molecular weight excluding hydrogens is 454 g/mol. The Kier molecular flexibility index (Phi) is 6.88. The largest absolute Gasteiger partial charge is 0.487 e. The SMILES string of the molecule is CC(=O)NC1CC2(CCN(C(=O)C3CCN(Cc4ccnc(N)c4)CC3)CC2)Oc2ccc(C)cc21. The minimum atomic E-state index is -0.345. The Labute approximate surface area is 213 Å². The number of carbonyl (C=O) groups is 2. The van der Waals surface area contributed by atoms with E-state index in [2.05, 4.69) is 34.3 Å². The van der Waals surface area contributed by atoms with Crippen molar-refractivity contribution < 1.29 is 14.3 Å². The van der Waals surface area contributed by atoms with Gasteiger partial charge in [-0.15, -0.1) is 0 Å². The molecule has 8 heteroatoms. The normalized spacial score (nSPS) is 22.1. The summed E-state index contributed by atoms with van der Waals surface area (Å²) in [6.07, 6.45) is 5.82. The molecule has 0 bridgehead atoms. The zero-order valence-electron chi connectivity index (χ0n) is 21.3. The van der Waals surface area contributed by atoms with Crippen molar-refractivity contribution in [1.29, 1.82) is 0 Å². The van der Waals surface area contributed by atoms with Crippen LogP contribution in [0.2, 0.25) is 0 Å². The quantitative estimate of drug-likeness (QED) is 0.681. The van der Waals surface area contributed by atoms with Gasteiger partial charge in [-0.3, -0.25) is 14.5 Å². The lowest BCUT2D eigenvalue weighted by Gasteiger charge is -2.47. The van der Waals surface area contributed by atoms with Gasteiger partial charge in [-0.05, 0) is 56.6 Å². The molecule has 192 valence electrons. The Balaban J connectivity index is 1.17. The Bertz CT molecular complexity index is 1120. The average molecular weight is 492 g/mol. The maximum absolute atomic E-state index is 13.4. The van der Waals surface area contributed by atoms with Crippen LogP contribution in [0.3, 0.4) is 0 Å². The van der Waals surface area contributed by atoms with Crippen molar-refractivity contribution in [3.05, 3.63) is 53.2 Å². The number of carbonyl (C=O) groups excluding carboxylic acids is 2. The molecule has 3 aliphatic heterocycles. The van der Waals surface area contributed by atoms with Crippen LogP contribution in [0.1, 0.15) is 61.8 Å². The summed E-state index contributed by atoms with van der Waals surface area (Å²) in [7, 11) is 0. The van der Waals surface area contributed by atoms with E-state index >= 15 is 0 Å². The summed E-state index contributed by atoms with van der Waals surface area (Å²) in [5, 5.41) is 3.13. The number of anilines is 1. The molecule has 3 aliphatic rings. The van der Waals surface area contributed by atoms with Crippen molar-refractivity contribution in [2.24, 2.45) is 5.92 Å². The maximum Gasteiger partial charge on any atom is 0.225 e. The molecule has 2 fully saturated rings. The maximum atomic E-state index is 13.4. The first-order valence-electron chi connectivity index (χ1n) is 13.1. The number of piperidine rings is 2.